The summed E-state index contributed by atoms with van der Waals surface area (Å²) in [7, 11) is 3.78. The van der Waals surface area contributed by atoms with Crippen molar-refractivity contribution in [3.05, 3.63) is 40.3 Å². The molecule has 3 heterocycles. The van der Waals surface area contributed by atoms with Crippen LogP contribution in [0.25, 0.3) is 0 Å². The number of thiophene rings is 1. The zero-order chi connectivity index (χ0) is 18.9. The molecule has 1 fully saturated rings. The van der Waals surface area contributed by atoms with Gasteiger partial charge in [-0.05, 0) is 29.9 Å². The van der Waals surface area contributed by atoms with Gasteiger partial charge in [0, 0.05) is 51.3 Å². The Labute approximate surface area is 188 Å². The minimum atomic E-state index is 0. The molecule has 1 atom stereocenters. The Balaban J connectivity index is 0.00000280. The molecule has 0 spiro atoms. The number of ether oxygens (including phenoxy) is 1. The lowest BCUT2D eigenvalue weighted by atomic mass is 10.2. The van der Waals surface area contributed by atoms with E-state index in [4.69, 9.17) is 4.74 Å². The molecule has 2 N–H and O–H groups in total. The fourth-order valence-electron chi connectivity index (χ4n) is 3.29. The predicted octanol–water partition coefficient (Wildman–Crippen LogP) is 2.27. The maximum absolute atomic E-state index is 5.52. The first-order chi connectivity index (χ1) is 13.3. The Bertz CT molecular complexity index is 699. The average molecular weight is 518 g/mol. The van der Waals surface area contributed by atoms with E-state index in [-0.39, 0.29) is 24.0 Å². The number of aryl methyl sites for hydroxylation is 2. The number of morpholine rings is 1. The largest absolute Gasteiger partial charge is 0.379 e. The van der Waals surface area contributed by atoms with Crippen LogP contribution in [0.2, 0.25) is 0 Å². The third kappa shape index (κ3) is 7.02. The van der Waals surface area contributed by atoms with Crippen LogP contribution in [0.4, 0.5) is 0 Å². The van der Waals surface area contributed by atoms with Crippen molar-refractivity contribution in [2.24, 2.45) is 12.0 Å². The fraction of sp³-hybridized carbons (Fsp3) is 0.579. The Hall–Kier alpha value is -1.17. The van der Waals surface area contributed by atoms with Gasteiger partial charge in [0.15, 0.2) is 5.96 Å². The number of aliphatic imine (C=N–C) groups is 1. The lowest BCUT2D eigenvalue weighted by Crippen LogP contribution is -2.46. The molecule has 0 radical (unpaired) electrons. The molecular formula is C19H31IN6OS. The molecule has 2 aromatic heterocycles. The van der Waals surface area contributed by atoms with E-state index in [9.17, 15) is 0 Å². The Morgan fingerprint density at radius 3 is 2.82 bits per heavy atom. The summed E-state index contributed by atoms with van der Waals surface area (Å²) in [5.41, 5.74) is 1.27. The predicted molar refractivity (Wildman–Crippen MR) is 126 cm³/mol. The molecule has 1 aliphatic rings. The SMILES string of the molecule is CN=C(NCCCc1cnn(C)c1)NCC(c1cccs1)N1CCOCC1.I. The molecule has 0 aliphatic carbocycles. The number of halogens is 1. The highest BCUT2D eigenvalue weighted by Crippen LogP contribution is 2.25. The van der Waals surface area contributed by atoms with E-state index >= 15 is 0 Å². The van der Waals surface area contributed by atoms with Gasteiger partial charge in [-0.1, -0.05) is 6.07 Å². The van der Waals surface area contributed by atoms with Gasteiger partial charge in [-0.2, -0.15) is 5.10 Å². The number of hydrogen-bond donors (Lipinski definition) is 2. The van der Waals surface area contributed by atoms with Crippen molar-refractivity contribution in [2.75, 3.05) is 46.4 Å². The van der Waals surface area contributed by atoms with E-state index in [1.54, 1.807) is 0 Å². The number of hydrogen-bond acceptors (Lipinski definition) is 5. The van der Waals surface area contributed by atoms with Crippen LogP contribution in [0.3, 0.4) is 0 Å². The summed E-state index contributed by atoms with van der Waals surface area (Å²) < 4.78 is 7.36. The highest BCUT2D eigenvalue weighted by molar-refractivity contribution is 14.0. The van der Waals surface area contributed by atoms with Gasteiger partial charge < -0.3 is 15.4 Å². The fourth-order valence-corrected chi connectivity index (χ4v) is 4.15. The van der Waals surface area contributed by atoms with Crippen LogP contribution in [-0.4, -0.2) is 67.1 Å². The standard InChI is InChI=1S/C19H30N6OS.HI/c1-20-19(21-7-3-5-16-13-23-24(2)15-16)22-14-17(18-6-4-12-27-18)25-8-10-26-11-9-25;/h4,6,12-13,15,17H,3,5,7-11,14H2,1-2H3,(H2,20,21,22);1H. The van der Waals surface area contributed by atoms with Crippen molar-refractivity contribution in [1.82, 2.24) is 25.3 Å². The molecule has 0 bridgehead atoms. The summed E-state index contributed by atoms with van der Waals surface area (Å²) in [6.45, 7) is 5.29. The topological polar surface area (TPSA) is 66.7 Å². The second-order valence-electron chi connectivity index (χ2n) is 6.69. The molecule has 1 saturated heterocycles. The van der Waals surface area contributed by atoms with Crippen molar-refractivity contribution < 1.29 is 4.74 Å². The van der Waals surface area contributed by atoms with E-state index in [0.29, 0.717) is 6.04 Å². The smallest absolute Gasteiger partial charge is 0.191 e. The molecule has 1 aliphatic heterocycles. The van der Waals surface area contributed by atoms with Crippen molar-refractivity contribution in [1.29, 1.82) is 0 Å². The molecule has 9 heteroatoms. The van der Waals surface area contributed by atoms with E-state index in [1.165, 1.54) is 10.4 Å². The normalized spacial score (nSPS) is 16.4. The molecular weight excluding hydrogens is 487 g/mol. The van der Waals surface area contributed by atoms with Gasteiger partial charge in [0.2, 0.25) is 0 Å². The molecule has 2 aromatic rings. The highest BCUT2D eigenvalue weighted by atomic mass is 127. The summed E-state index contributed by atoms with van der Waals surface area (Å²) in [6, 6.07) is 4.69. The van der Waals surface area contributed by atoms with Crippen molar-refractivity contribution in [3.63, 3.8) is 0 Å². The first kappa shape index (κ1) is 23.1. The lowest BCUT2D eigenvalue weighted by molar-refractivity contribution is 0.0177. The van der Waals surface area contributed by atoms with Gasteiger partial charge in [0.1, 0.15) is 0 Å². The van der Waals surface area contributed by atoms with Gasteiger partial charge in [0.05, 0.1) is 25.5 Å². The van der Waals surface area contributed by atoms with Crippen molar-refractivity contribution >= 4 is 41.3 Å². The number of rotatable bonds is 8. The van der Waals surface area contributed by atoms with Crippen LogP contribution in [0, 0.1) is 0 Å². The van der Waals surface area contributed by atoms with E-state index in [1.807, 2.05) is 36.3 Å². The number of aromatic nitrogens is 2. The minimum Gasteiger partial charge on any atom is -0.379 e. The van der Waals surface area contributed by atoms with Crippen LogP contribution in [0.15, 0.2) is 34.9 Å². The molecule has 1 unspecified atom stereocenters. The zero-order valence-electron chi connectivity index (χ0n) is 16.6. The van der Waals surface area contributed by atoms with E-state index in [0.717, 1.165) is 58.2 Å². The van der Waals surface area contributed by atoms with Crippen LogP contribution in [0.5, 0.6) is 0 Å². The van der Waals surface area contributed by atoms with Crippen molar-refractivity contribution in [2.45, 2.75) is 18.9 Å². The summed E-state index contributed by atoms with van der Waals surface area (Å²) in [4.78, 5) is 8.26. The van der Waals surface area contributed by atoms with E-state index in [2.05, 4.69) is 49.3 Å². The first-order valence-corrected chi connectivity index (χ1v) is 10.4. The number of guanidine groups is 1. The lowest BCUT2D eigenvalue weighted by Gasteiger charge is -2.34. The van der Waals surface area contributed by atoms with Crippen LogP contribution >= 0.6 is 35.3 Å². The summed E-state index contributed by atoms with van der Waals surface area (Å²) in [5.74, 6) is 0.857. The second-order valence-corrected chi connectivity index (χ2v) is 7.66. The van der Waals surface area contributed by atoms with Crippen molar-refractivity contribution in [3.8, 4) is 0 Å². The summed E-state index contributed by atoms with van der Waals surface area (Å²) in [6.07, 6.45) is 6.07. The van der Waals surface area contributed by atoms with Gasteiger partial charge in [0.25, 0.3) is 0 Å². The highest BCUT2D eigenvalue weighted by Gasteiger charge is 2.23. The van der Waals surface area contributed by atoms with Gasteiger partial charge in [-0.15, -0.1) is 35.3 Å². The van der Waals surface area contributed by atoms with Crippen LogP contribution < -0.4 is 10.6 Å². The maximum atomic E-state index is 5.52. The minimum absolute atomic E-state index is 0. The average Bonchev–Trinajstić information content (AvgIpc) is 3.36. The monoisotopic (exact) mass is 518 g/mol. The Morgan fingerprint density at radius 1 is 1.36 bits per heavy atom. The molecule has 156 valence electrons. The maximum Gasteiger partial charge on any atom is 0.191 e. The van der Waals surface area contributed by atoms with Gasteiger partial charge in [-0.25, -0.2) is 0 Å². The Morgan fingerprint density at radius 2 is 2.18 bits per heavy atom. The molecule has 0 saturated carbocycles. The van der Waals surface area contributed by atoms with Gasteiger partial charge in [-0.3, -0.25) is 14.6 Å². The molecule has 3 rings (SSSR count). The first-order valence-electron chi connectivity index (χ1n) is 9.53. The summed E-state index contributed by atoms with van der Waals surface area (Å²) >= 11 is 1.81. The quantitative estimate of drug-likeness (QED) is 0.243. The molecule has 28 heavy (non-hydrogen) atoms. The summed E-state index contributed by atoms with van der Waals surface area (Å²) in [5, 5.41) is 13.3. The number of nitrogens with zero attached hydrogens (tertiary/aromatic N) is 4. The van der Waals surface area contributed by atoms with Gasteiger partial charge >= 0.3 is 0 Å². The molecule has 0 amide bonds. The molecule has 7 nitrogen and oxygen atoms in total. The third-order valence-electron chi connectivity index (χ3n) is 4.74. The number of nitrogens with one attached hydrogen (secondary N) is 2. The molecule has 0 aromatic carbocycles. The third-order valence-corrected chi connectivity index (χ3v) is 5.71. The van der Waals surface area contributed by atoms with Crippen LogP contribution in [-0.2, 0) is 18.2 Å². The van der Waals surface area contributed by atoms with E-state index < -0.39 is 0 Å². The Kier molecular flexibility index (Phi) is 10.2. The zero-order valence-corrected chi connectivity index (χ0v) is 19.8. The second kappa shape index (κ2) is 12.4. The van der Waals surface area contributed by atoms with Crippen LogP contribution in [0.1, 0.15) is 22.9 Å².